The van der Waals surface area contributed by atoms with Crippen molar-refractivity contribution in [1.82, 2.24) is 24.2 Å². The second-order valence-electron chi connectivity index (χ2n) is 5.98. The SMILES string of the molecule is Cc1cc2c(=O)n3c(nc2s1)CCN(C(=O)c1ccn(C)n1)CC3. The molecular formula is C16H17N5O2S. The highest BCUT2D eigenvalue weighted by molar-refractivity contribution is 7.18. The average molecular weight is 343 g/mol. The third-order valence-electron chi connectivity index (χ3n) is 4.27. The largest absolute Gasteiger partial charge is 0.335 e. The van der Waals surface area contributed by atoms with Crippen LogP contribution < -0.4 is 5.56 Å². The van der Waals surface area contributed by atoms with E-state index in [0.717, 1.165) is 15.5 Å². The fraction of sp³-hybridized carbons (Fsp3) is 0.375. The van der Waals surface area contributed by atoms with E-state index >= 15 is 0 Å². The Labute approximate surface area is 142 Å². The van der Waals surface area contributed by atoms with Crippen LogP contribution in [0.2, 0.25) is 0 Å². The summed E-state index contributed by atoms with van der Waals surface area (Å²) in [6, 6.07) is 3.61. The number of hydrogen-bond donors (Lipinski definition) is 0. The molecule has 0 unspecified atom stereocenters. The van der Waals surface area contributed by atoms with Crippen LogP contribution in [0.1, 0.15) is 21.2 Å². The zero-order valence-electron chi connectivity index (χ0n) is 13.5. The number of nitrogens with zero attached hydrogens (tertiary/aromatic N) is 5. The second-order valence-corrected chi connectivity index (χ2v) is 7.21. The summed E-state index contributed by atoms with van der Waals surface area (Å²) >= 11 is 1.53. The van der Waals surface area contributed by atoms with Crippen LogP contribution in [0.15, 0.2) is 23.1 Å². The fourth-order valence-corrected chi connectivity index (χ4v) is 3.95. The van der Waals surface area contributed by atoms with Crippen molar-refractivity contribution >= 4 is 27.5 Å². The Morgan fingerprint density at radius 3 is 2.88 bits per heavy atom. The molecule has 0 N–H and O–H groups in total. The van der Waals surface area contributed by atoms with Crippen molar-refractivity contribution in [3.05, 3.63) is 45.1 Å². The van der Waals surface area contributed by atoms with E-state index in [9.17, 15) is 9.59 Å². The molecule has 0 fully saturated rings. The molecule has 0 radical (unpaired) electrons. The Balaban J connectivity index is 1.65. The first-order chi connectivity index (χ1) is 11.5. The average Bonchev–Trinajstić information content (AvgIpc) is 3.07. The maximum Gasteiger partial charge on any atom is 0.274 e. The molecule has 0 aromatic carbocycles. The molecule has 4 heterocycles. The van der Waals surface area contributed by atoms with E-state index in [4.69, 9.17) is 0 Å². The Hall–Kier alpha value is -2.48. The Kier molecular flexibility index (Phi) is 3.49. The van der Waals surface area contributed by atoms with Gasteiger partial charge in [-0.15, -0.1) is 11.3 Å². The molecule has 1 amide bonds. The fourth-order valence-electron chi connectivity index (χ4n) is 3.06. The first kappa shape index (κ1) is 15.1. The van der Waals surface area contributed by atoms with Gasteiger partial charge in [0, 0.05) is 44.2 Å². The van der Waals surface area contributed by atoms with E-state index in [1.807, 2.05) is 13.0 Å². The van der Waals surface area contributed by atoms with Gasteiger partial charge in [-0.1, -0.05) is 0 Å². The summed E-state index contributed by atoms with van der Waals surface area (Å²) < 4.78 is 3.32. The van der Waals surface area contributed by atoms with Gasteiger partial charge in [0.25, 0.3) is 11.5 Å². The molecule has 0 bridgehead atoms. The lowest BCUT2D eigenvalue weighted by Crippen LogP contribution is -2.34. The quantitative estimate of drug-likeness (QED) is 0.665. The number of carbonyl (C=O) groups is 1. The monoisotopic (exact) mass is 343 g/mol. The van der Waals surface area contributed by atoms with Crippen molar-refractivity contribution in [3.63, 3.8) is 0 Å². The van der Waals surface area contributed by atoms with Gasteiger partial charge in [-0.05, 0) is 19.1 Å². The highest BCUT2D eigenvalue weighted by Crippen LogP contribution is 2.21. The number of hydrogen-bond acceptors (Lipinski definition) is 5. The van der Waals surface area contributed by atoms with Crippen LogP contribution in [0.3, 0.4) is 0 Å². The van der Waals surface area contributed by atoms with Crippen molar-refractivity contribution in [2.24, 2.45) is 7.05 Å². The molecule has 0 saturated heterocycles. The van der Waals surface area contributed by atoms with E-state index in [1.54, 1.807) is 33.5 Å². The highest BCUT2D eigenvalue weighted by atomic mass is 32.1. The zero-order valence-corrected chi connectivity index (χ0v) is 14.3. The second kappa shape index (κ2) is 5.55. The first-order valence-electron chi connectivity index (χ1n) is 7.82. The molecule has 24 heavy (non-hydrogen) atoms. The van der Waals surface area contributed by atoms with Crippen LogP contribution in [-0.2, 0) is 20.0 Å². The Morgan fingerprint density at radius 2 is 2.12 bits per heavy atom. The van der Waals surface area contributed by atoms with Gasteiger partial charge in [0.05, 0.1) is 5.39 Å². The van der Waals surface area contributed by atoms with E-state index in [0.29, 0.717) is 37.1 Å². The van der Waals surface area contributed by atoms with Gasteiger partial charge in [-0.3, -0.25) is 18.8 Å². The minimum absolute atomic E-state index is 0.00788. The third kappa shape index (κ3) is 2.43. The number of amides is 1. The van der Waals surface area contributed by atoms with Crippen LogP contribution in [0.5, 0.6) is 0 Å². The number of aromatic nitrogens is 4. The lowest BCUT2D eigenvalue weighted by molar-refractivity contribution is 0.0752. The molecular weight excluding hydrogens is 326 g/mol. The van der Waals surface area contributed by atoms with E-state index in [-0.39, 0.29) is 11.5 Å². The molecule has 1 aliphatic heterocycles. The summed E-state index contributed by atoms with van der Waals surface area (Å²) in [7, 11) is 1.78. The maximum atomic E-state index is 12.7. The number of carbonyl (C=O) groups excluding carboxylic acids is 1. The summed E-state index contributed by atoms with van der Waals surface area (Å²) in [6.45, 7) is 3.47. The van der Waals surface area contributed by atoms with Gasteiger partial charge in [-0.25, -0.2) is 4.98 Å². The first-order valence-corrected chi connectivity index (χ1v) is 8.63. The number of fused-ring (bicyclic) bond motifs is 2. The number of rotatable bonds is 1. The van der Waals surface area contributed by atoms with Gasteiger partial charge >= 0.3 is 0 Å². The van der Waals surface area contributed by atoms with Crippen molar-refractivity contribution in [1.29, 1.82) is 0 Å². The van der Waals surface area contributed by atoms with Crippen LogP contribution in [-0.4, -0.2) is 43.2 Å². The molecule has 0 atom stereocenters. The molecule has 8 heteroatoms. The van der Waals surface area contributed by atoms with Gasteiger partial charge < -0.3 is 4.90 Å². The minimum Gasteiger partial charge on any atom is -0.335 e. The van der Waals surface area contributed by atoms with E-state index < -0.39 is 0 Å². The van der Waals surface area contributed by atoms with Crippen LogP contribution in [0, 0.1) is 6.92 Å². The van der Waals surface area contributed by atoms with Crippen molar-refractivity contribution < 1.29 is 4.79 Å². The molecule has 0 aliphatic carbocycles. The summed E-state index contributed by atoms with van der Waals surface area (Å²) in [5.74, 6) is 0.653. The summed E-state index contributed by atoms with van der Waals surface area (Å²) in [6.07, 6.45) is 2.32. The molecule has 0 spiro atoms. The summed E-state index contributed by atoms with van der Waals surface area (Å²) in [5, 5.41) is 4.84. The molecule has 4 rings (SSSR count). The topological polar surface area (TPSA) is 73.0 Å². The normalized spacial score (nSPS) is 14.7. The van der Waals surface area contributed by atoms with Crippen molar-refractivity contribution in [2.75, 3.05) is 13.1 Å². The Bertz CT molecular complexity index is 1000. The standard InChI is InChI=1S/C16H17N5O2S/c1-10-9-11-14(24-10)17-13-4-6-20(7-8-21(13)15(11)22)16(23)12-3-5-19(2)18-12/h3,5,9H,4,6-8H2,1-2H3. The lowest BCUT2D eigenvalue weighted by Gasteiger charge is -2.18. The number of thiophene rings is 1. The third-order valence-corrected chi connectivity index (χ3v) is 5.22. The minimum atomic E-state index is -0.103. The van der Waals surface area contributed by atoms with Gasteiger partial charge in [0.1, 0.15) is 16.3 Å². The summed E-state index contributed by atoms with van der Waals surface area (Å²) in [4.78, 5) is 33.5. The molecule has 124 valence electrons. The molecule has 0 saturated carbocycles. The predicted octanol–water partition coefficient (Wildman–Crippen LogP) is 1.20. The lowest BCUT2D eigenvalue weighted by atomic mass is 10.3. The predicted molar refractivity (Wildman–Crippen MR) is 91.4 cm³/mol. The van der Waals surface area contributed by atoms with Crippen LogP contribution >= 0.6 is 11.3 Å². The molecule has 3 aromatic rings. The smallest absolute Gasteiger partial charge is 0.274 e. The number of aryl methyl sites for hydroxylation is 2. The van der Waals surface area contributed by atoms with Gasteiger partial charge in [0.2, 0.25) is 0 Å². The van der Waals surface area contributed by atoms with Crippen molar-refractivity contribution in [2.45, 2.75) is 19.9 Å². The van der Waals surface area contributed by atoms with E-state index in [1.165, 1.54) is 11.3 Å². The highest BCUT2D eigenvalue weighted by Gasteiger charge is 2.23. The zero-order chi connectivity index (χ0) is 16.8. The Morgan fingerprint density at radius 1 is 1.29 bits per heavy atom. The van der Waals surface area contributed by atoms with Crippen LogP contribution in [0.4, 0.5) is 0 Å². The van der Waals surface area contributed by atoms with Gasteiger partial charge in [0.15, 0.2) is 0 Å². The molecule has 7 nitrogen and oxygen atoms in total. The molecule has 1 aliphatic rings. The summed E-state index contributed by atoms with van der Waals surface area (Å²) in [5.41, 5.74) is 0.423. The molecule has 3 aromatic heterocycles. The van der Waals surface area contributed by atoms with Crippen molar-refractivity contribution in [3.8, 4) is 0 Å². The maximum absolute atomic E-state index is 12.7. The van der Waals surface area contributed by atoms with E-state index in [2.05, 4.69) is 10.1 Å². The van der Waals surface area contributed by atoms with Gasteiger partial charge in [-0.2, -0.15) is 5.10 Å². The van der Waals surface area contributed by atoms with Crippen LogP contribution in [0.25, 0.3) is 10.2 Å².